The van der Waals surface area contributed by atoms with Crippen LogP contribution in [0, 0.1) is 0 Å². The highest BCUT2D eigenvalue weighted by Gasteiger charge is 2.11. The van der Waals surface area contributed by atoms with Gasteiger partial charge in [-0.1, -0.05) is 12.1 Å². The summed E-state index contributed by atoms with van der Waals surface area (Å²) in [7, 11) is 0. The lowest BCUT2D eigenvalue weighted by molar-refractivity contribution is -0.144. The highest BCUT2D eigenvalue weighted by atomic mass is 16.5. The second-order valence-electron chi connectivity index (χ2n) is 3.92. The number of aliphatic carboxylic acids is 1. The van der Waals surface area contributed by atoms with Gasteiger partial charge in [0.2, 0.25) is 0 Å². The Hall–Kier alpha value is -1.55. The van der Waals surface area contributed by atoms with Gasteiger partial charge in [0.05, 0.1) is 0 Å². The molecule has 1 aromatic carbocycles. The average Bonchev–Trinajstić information content (AvgIpc) is 2.20. The normalized spacial score (nSPS) is 14.2. The van der Waals surface area contributed by atoms with E-state index in [1.54, 1.807) is 12.1 Å². The van der Waals surface area contributed by atoms with Crippen molar-refractivity contribution in [2.24, 2.45) is 5.73 Å². The number of carboxylic acids is 1. The van der Waals surface area contributed by atoms with Crippen molar-refractivity contribution in [2.75, 3.05) is 0 Å². The van der Waals surface area contributed by atoms with Gasteiger partial charge >= 0.3 is 5.97 Å². The summed E-state index contributed by atoms with van der Waals surface area (Å²) >= 11 is 0. The molecule has 16 heavy (non-hydrogen) atoms. The molecule has 0 bridgehead atoms. The van der Waals surface area contributed by atoms with E-state index in [-0.39, 0.29) is 6.04 Å². The Balaban J connectivity index is 2.61. The molecule has 0 saturated heterocycles. The van der Waals surface area contributed by atoms with E-state index in [0.717, 1.165) is 12.0 Å². The van der Waals surface area contributed by atoms with Crippen LogP contribution in [0.4, 0.5) is 0 Å². The first-order valence-corrected chi connectivity index (χ1v) is 5.23. The fourth-order valence-electron chi connectivity index (χ4n) is 1.33. The molecule has 1 aromatic rings. The summed E-state index contributed by atoms with van der Waals surface area (Å²) in [4.78, 5) is 10.6. The van der Waals surface area contributed by atoms with Crippen LogP contribution in [0.2, 0.25) is 0 Å². The van der Waals surface area contributed by atoms with Crippen LogP contribution in [-0.2, 0) is 11.2 Å². The third-order valence-corrected chi connectivity index (χ3v) is 2.14. The zero-order chi connectivity index (χ0) is 12.1. The third-order valence-electron chi connectivity index (χ3n) is 2.14. The van der Waals surface area contributed by atoms with Crippen molar-refractivity contribution in [3.63, 3.8) is 0 Å². The molecule has 1 rings (SSSR count). The maximum atomic E-state index is 10.6. The van der Waals surface area contributed by atoms with Gasteiger partial charge in [0.15, 0.2) is 6.10 Å². The standard InChI is InChI=1S/C12H17NO3/c1-8(13)7-10-3-5-11(6-4-10)16-9(2)12(14)15/h3-6,8-9H,7,13H2,1-2H3,(H,14,15). The van der Waals surface area contributed by atoms with Gasteiger partial charge < -0.3 is 15.6 Å². The van der Waals surface area contributed by atoms with Gasteiger partial charge in [-0.05, 0) is 38.0 Å². The topological polar surface area (TPSA) is 72.5 Å². The predicted octanol–water partition coefficient (Wildman–Crippen LogP) is 1.43. The minimum Gasteiger partial charge on any atom is -0.479 e. The minimum absolute atomic E-state index is 0.115. The van der Waals surface area contributed by atoms with Crippen molar-refractivity contribution >= 4 is 5.97 Å². The number of rotatable bonds is 5. The number of carboxylic acid groups (broad SMARTS) is 1. The fourth-order valence-corrected chi connectivity index (χ4v) is 1.33. The Morgan fingerprint density at radius 2 is 1.94 bits per heavy atom. The van der Waals surface area contributed by atoms with Gasteiger partial charge in [0, 0.05) is 6.04 Å². The lowest BCUT2D eigenvalue weighted by Gasteiger charge is -2.11. The zero-order valence-corrected chi connectivity index (χ0v) is 9.51. The molecule has 0 fully saturated rings. The van der Waals surface area contributed by atoms with Crippen LogP contribution < -0.4 is 10.5 Å². The molecule has 0 amide bonds. The molecule has 2 atom stereocenters. The highest BCUT2D eigenvalue weighted by molar-refractivity contribution is 5.72. The lowest BCUT2D eigenvalue weighted by Crippen LogP contribution is -2.22. The monoisotopic (exact) mass is 223 g/mol. The van der Waals surface area contributed by atoms with Crippen LogP contribution in [0.1, 0.15) is 19.4 Å². The third kappa shape index (κ3) is 3.90. The van der Waals surface area contributed by atoms with Gasteiger partial charge in [-0.25, -0.2) is 4.79 Å². The van der Waals surface area contributed by atoms with Crippen molar-refractivity contribution in [1.82, 2.24) is 0 Å². The van der Waals surface area contributed by atoms with Crippen LogP contribution in [0.15, 0.2) is 24.3 Å². The summed E-state index contributed by atoms with van der Waals surface area (Å²) in [5.41, 5.74) is 6.79. The largest absolute Gasteiger partial charge is 0.479 e. The Bertz CT molecular complexity index is 346. The molecular weight excluding hydrogens is 206 g/mol. The van der Waals surface area contributed by atoms with E-state index >= 15 is 0 Å². The first kappa shape index (κ1) is 12.5. The molecule has 88 valence electrons. The van der Waals surface area contributed by atoms with Crippen LogP contribution >= 0.6 is 0 Å². The fraction of sp³-hybridized carbons (Fsp3) is 0.417. The molecule has 4 nitrogen and oxygen atoms in total. The molecule has 0 radical (unpaired) electrons. The molecule has 4 heteroatoms. The highest BCUT2D eigenvalue weighted by Crippen LogP contribution is 2.14. The predicted molar refractivity (Wildman–Crippen MR) is 61.5 cm³/mol. The van der Waals surface area contributed by atoms with Gasteiger partial charge in [0.25, 0.3) is 0 Å². The van der Waals surface area contributed by atoms with Gasteiger partial charge in [-0.3, -0.25) is 0 Å². The summed E-state index contributed by atoms with van der Waals surface area (Å²) in [6, 6.07) is 7.43. The lowest BCUT2D eigenvalue weighted by atomic mass is 10.1. The summed E-state index contributed by atoms with van der Waals surface area (Å²) in [5.74, 6) is -0.414. The number of nitrogens with two attached hydrogens (primary N) is 1. The second-order valence-corrected chi connectivity index (χ2v) is 3.92. The number of ether oxygens (including phenoxy) is 1. The second kappa shape index (κ2) is 5.51. The van der Waals surface area contributed by atoms with Gasteiger partial charge in [0.1, 0.15) is 5.75 Å². The molecule has 0 heterocycles. The molecule has 0 aliphatic heterocycles. The van der Waals surface area contributed by atoms with Crippen molar-refractivity contribution in [3.8, 4) is 5.75 Å². The minimum atomic E-state index is -0.973. The molecule has 0 aliphatic rings. The number of hydrogen-bond acceptors (Lipinski definition) is 3. The maximum Gasteiger partial charge on any atom is 0.344 e. The average molecular weight is 223 g/mol. The maximum absolute atomic E-state index is 10.6. The summed E-state index contributed by atoms with van der Waals surface area (Å²) in [5, 5.41) is 8.68. The number of hydrogen-bond donors (Lipinski definition) is 2. The van der Waals surface area contributed by atoms with E-state index in [9.17, 15) is 4.79 Å². The van der Waals surface area contributed by atoms with Crippen LogP contribution in [0.3, 0.4) is 0 Å². The molecule has 0 aromatic heterocycles. The molecular formula is C12H17NO3. The first-order valence-electron chi connectivity index (χ1n) is 5.23. The molecule has 3 N–H and O–H groups in total. The van der Waals surface area contributed by atoms with E-state index in [2.05, 4.69) is 0 Å². The summed E-state index contributed by atoms with van der Waals surface area (Å²) in [6.07, 6.45) is -0.0336. The van der Waals surface area contributed by atoms with E-state index in [0.29, 0.717) is 5.75 Å². The van der Waals surface area contributed by atoms with E-state index in [4.69, 9.17) is 15.6 Å². The van der Waals surface area contributed by atoms with E-state index < -0.39 is 12.1 Å². The molecule has 0 spiro atoms. The molecule has 2 unspecified atom stereocenters. The van der Waals surface area contributed by atoms with Gasteiger partial charge in [-0.2, -0.15) is 0 Å². The van der Waals surface area contributed by atoms with Crippen molar-refractivity contribution in [2.45, 2.75) is 32.4 Å². The van der Waals surface area contributed by atoms with Crippen LogP contribution in [0.25, 0.3) is 0 Å². The Labute approximate surface area is 95.0 Å². The van der Waals surface area contributed by atoms with E-state index in [1.807, 2.05) is 19.1 Å². The van der Waals surface area contributed by atoms with Crippen molar-refractivity contribution in [3.05, 3.63) is 29.8 Å². The van der Waals surface area contributed by atoms with Gasteiger partial charge in [-0.15, -0.1) is 0 Å². The van der Waals surface area contributed by atoms with Crippen LogP contribution in [0.5, 0.6) is 5.75 Å². The first-order chi connectivity index (χ1) is 7.49. The smallest absolute Gasteiger partial charge is 0.344 e. The van der Waals surface area contributed by atoms with Crippen LogP contribution in [-0.4, -0.2) is 23.2 Å². The molecule has 0 saturated carbocycles. The zero-order valence-electron chi connectivity index (χ0n) is 9.51. The Morgan fingerprint density at radius 1 is 1.38 bits per heavy atom. The molecule has 0 aliphatic carbocycles. The summed E-state index contributed by atoms with van der Waals surface area (Å²) in [6.45, 7) is 3.44. The SMILES string of the molecule is CC(N)Cc1ccc(OC(C)C(=O)O)cc1. The van der Waals surface area contributed by atoms with Crippen molar-refractivity contribution in [1.29, 1.82) is 0 Å². The number of carbonyl (C=O) groups is 1. The Kier molecular flexibility index (Phi) is 4.31. The summed E-state index contributed by atoms with van der Waals surface area (Å²) < 4.78 is 5.20. The quantitative estimate of drug-likeness (QED) is 0.792. The number of benzene rings is 1. The van der Waals surface area contributed by atoms with Crippen molar-refractivity contribution < 1.29 is 14.6 Å². The Morgan fingerprint density at radius 3 is 2.38 bits per heavy atom. The van der Waals surface area contributed by atoms with E-state index in [1.165, 1.54) is 6.92 Å².